The average molecular weight is 325 g/mol. The molecule has 0 saturated heterocycles. The zero-order chi connectivity index (χ0) is 16.8. The molecule has 0 aromatic heterocycles. The van der Waals surface area contributed by atoms with Crippen LogP contribution >= 0.6 is 12.2 Å². The molecule has 0 aliphatic carbocycles. The molecule has 0 atom stereocenters. The zero-order valence-corrected chi connectivity index (χ0v) is 14.8. The van der Waals surface area contributed by atoms with Gasteiger partial charge in [-0.2, -0.15) is 0 Å². The van der Waals surface area contributed by atoms with Crippen LogP contribution in [0.3, 0.4) is 0 Å². The van der Waals surface area contributed by atoms with Crippen LogP contribution in [0.25, 0.3) is 5.57 Å². The van der Waals surface area contributed by atoms with Crippen molar-refractivity contribution in [3.63, 3.8) is 0 Å². The molecule has 3 heteroatoms. The number of hydrogen-bond acceptors (Lipinski definition) is 2. The highest BCUT2D eigenvalue weighted by molar-refractivity contribution is 7.80. The molecule has 2 nitrogen and oxygen atoms in total. The van der Waals surface area contributed by atoms with Crippen molar-refractivity contribution >= 4 is 22.8 Å². The molecule has 0 heterocycles. The van der Waals surface area contributed by atoms with Crippen molar-refractivity contribution in [2.45, 2.75) is 19.9 Å². The van der Waals surface area contributed by atoms with Crippen molar-refractivity contribution in [1.29, 1.82) is 0 Å². The first-order valence-corrected chi connectivity index (χ1v) is 8.12. The van der Waals surface area contributed by atoms with Gasteiger partial charge in [0, 0.05) is 18.2 Å². The number of rotatable bonds is 6. The standard InChI is InChI=1S/C20H23NOS/c1-15(2)21(14-16(3)17-8-6-5-7-9-17)20(23)18-10-12-19(22-4)13-11-18/h5-13,15H,3,14H2,1-2,4H3. The Morgan fingerprint density at radius 1 is 1.04 bits per heavy atom. The van der Waals surface area contributed by atoms with Crippen molar-refractivity contribution < 1.29 is 4.74 Å². The molecule has 0 spiro atoms. The van der Waals surface area contributed by atoms with Crippen LogP contribution in [0.2, 0.25) is 0 Å². The maximum atomic E-state index is 5.71. The second-order valence-corrected chi connectivity index (χ2v) is 6.11. The molecule has 0 N–H and O–H groups in total. The van der Waals surface area contributed by atoms with Crippen molar-refractivity contribution in [3.05, 3.63) is 72.3 Å². The Balaban J connectivity index is 2.17. The predicted octanol–water partition coefficient (Wildman–Crippen LogP) is 4.79. The highest BCUT2D eigenvalue weighted by Crippen LogP contribution is 2.19. The molecule has 0 bridgehead atoms. The minimum atomic E-state index is 0.296. The molecule has 23 heavy (non-hydrogen) atoms. The highest BCUT2D eigenvalue weighted by Gasteiger charge is 2.16. The first-order valence-electron chi connectivity index (χ1n) is 7.71. The maximum Gasteiger partial charge on any atom is 0.118 e. The molecule has 0 saturated carbocycles. The van der Waals surface area contributed by atoms with E-state index in [1.807, 2.05) is 42.5 Å². The quantitative estimate of drug-likeness (QED) is 0.708. The van der Waals surface area contributed by atoms with Gasteiger partial charge in [0.2, 0.25) is 0 Å². The van der Waals surface area contributed by atoms with Crippen LogP contribution < -0.4 is 4.74 Å². The highest BCUT2D eigenvalue weighted by atomic mass is 32.1. The Labute approximate surface area is 144 Å². The molecule has 0 fully saturated rings. The van der Waals surface area contributed by atoms with E-state index in [9.17, 15) is 0 Å². The summed E-state index contributed by atoms with van der Waals surface area (Å²) in [5.74, 6) is 0.835. The summed E-state index contributed by atoms with van der Waals surface area (Å²) in [4.78, 5) is 3.03. The van der Waals surface area contributed by atoms with Gasteiger partial charge in [0.25, 0.3) is 0 Å². The van der Waals surface area contributed by atoms with Gasteiger partial charge in [-0.1, -0.05) is 49.1 Å². The van der Waals surface area contributed by atoms with E-state index in [1.54, 1.807) is 7.11 Å². The Bertz CT molecular complexity index is 662. The van der Waals surface area contributed by atoms with Crippen molar-refractivity contribution in [1.82, 2.24) is 4.90 Å². The van der Waals surface area contributed by atoms with E-state index in [0.29, 0.717) is 12.6 Å². The van der Waals surface area contributed by atoms with Crippen LogP contribution in [-0.2, 0) is 0 Å². The third-order valence-electron chi connectivity index (χ3n) is 3.76. The number of thiocarbonyl (C=S) groups is 1. The fourth-order valence-corrected chi connectivity index (χ4v) is 2.77. The van der Waals surface area contributed by atoms with Gasteiger partial charge in [0.05, 0.1) is 7.11 Å². The average Bonchev–Trinajstić information content (AvgIpc) is 2.59. The largest absolute Gasteiger partial charge is 0.497 e. The lowest BCUT2D eigenvalue weighted by Gasteiger charge is -2.30. The zero-order valence-electron chi connectivity index (χ0n) is 14.0. The first kappa shape index (κ1) is 17.2. The third-order valence-corrected chi connectivity index (χ3v) is 4.23. The minimum absolute atomic E-state index is 0.296. The van der Waals surface area contributed by atoms with Crippen molar-refractivity contribution in [2.75, 3.05) is 13.7 Å². The Kier molecular flexibility index (Phi) is 5.94. The molecular weight excluding hydrogens is 302 g/mol. The molecule has 2 rings (SSSR count). The van der Waals surface area contributed by atoms with E-state index in [2.05, 4.69) is 37.5 Å². The van der Waals surface area contributed by atoms with Crippen LogP contribution in [-0.4, -0.2) is 29.6 Å². The number of ether oxygens (including phenoxy) is 1. The molecule has 0 radical (unpaired) electrons. The van der Waals surface area contributed by atoms with Crippen molar-refractivity contribution in [2.24, 2.45) is 0 Å². The van der Waals surface area contributed by atoms with Crippen LogP contribution in [0.1, 0.15) is 25.0 Å². The van der Waals surface area contributed by atoms with E-state index < -0.39 is 0 Å². The lowest BCUT2D eigenvalue weighted by atomic mass is 10.1. The normalized spacial score (nSPS) is 10.4. The number of methoxy groups -OCH3 is 1. The van der Waals surface area contributed by atoms with E-state index in [-0.39, 0.29) is 0 Å². The van der Waals surface area contributed by atoms with Gasteiger partial charge in [-0.15, -0.1) is 0 Å². The van der Waals surface area contributed by atoms with Gasteiger partial charge in [0.15, 0.2) is 0 Å². The molecule has 0 unspecified atom stereocenters. The summed E-state index contributed by atoms with van der Waals surface area (Å²) >= 11 is 5.71. The fraction of sp³-hybridized carbons (Fsp3) is 0.250. The van der Waals surface area contributed by atoms with E-state index in [1.165, 1.54) is 0 Å². The van der Waals surface area contributed by atoms with Gasteiger partial charge in [0.1, 0.15) is 10.7 Å². The summed E-state index contributed by atoms with van der Waals surface area (Å²) in [5.41, 5.74) is 3.24. The maximum absolute atomic E-state index is 5.71. The summed E-state index contributed by atoms with van der Waals surface area (Å²) < 4.78 is 5.21. The summed E-state index contributed by atoms with van der Waals surface area (Å²) in [7, 11) is 1.66. The molecule has 0 amide bonds. The van der Waals surface area contributed by atoms with Gasteiger partial charge in [-0.25, -0.2) is 0 Å². The van der Waals surface area contributed by atoms with Gasteiger partial charge < -0.3 is 9.64 Å². The van der Waals surface area contributed by atoms with E-state index in [4.69, 9.17) is 17.0 Å². The Hall–Kier alpha value is -2.13. The molecule has 2 aromatic rings. The second-order valence-electron chi connectivity index (χ2n) is 5.72. The molecule has 0 aliphatic rings. The fourth-order valence-electron chi connectivity index (χ4n) is 2.36. The lowest BCUT2D eigenvalue weighted by molar-refractivity contribution is 0.395. The van der Waals surface area contributed by atoms with Crippen LogP contribution in [0.5, 0.6) is 5.75 Å². The molecular formula is C20H23NOS. The monoisotopic (exact) mass is 325 g/mol. The number of benzene rings is 2. The van der Waals surface area contributed by atoms with E-state index in [0.717, 1.165) is 27.4 Å². The Morgan fingerprint density at radius 2 is 1.65 bits per heavy atom. The summed E-state index contributed by atoms with van der Waals surface area (Å²) in [6.07, 6.45) is 0. The molecule has 0 aliphatic heterocycles. The predicted molar refractivity (Wildman–Crippen MR) is 102 cm³/mol. The smallest absolute Gasteiger partial charge is 0.118 e. The van der Waals surface area contributed by atoms with Crippen LogP contribution in [0.15, 0.2) is 61.2 Å². The van der Waals surface area contributed by atoms with Gasteiger partial charge >= 0.3 is 0 Å². The molecule has 120 valence electrons. The lowest BCUT2D eigenvalue weighted by Crippen LogP contribution is -2.37. The Morgan fingerprint density at radius 3 is 2.17 bits per heavy atom. The van der Waals surface area contributed by atoms with Gasteiger partial charge in [-0.05, 0) is 49.2 Å². The number of nitrogens with zero attached hydrogens (tertiary/aromatic N) is 1. The van der Waals surface area contributed by atoms with Crippen LogP contribution in [0.4, 0.5) is 0 Å². The topological polar surface area (TPSA) is 12.5 Å². The molecule has 2 aromatic carbocycles. The van der Waals surface area contributed by atoms with Crippen molar-refractivity contribution in [3.8, 4) is 5.75 Å². The van der Waals surface area contributed by atoms with E-state index >= 15 is 0 Å². The van der Waals surface area contributed by atoms with Crippen LogP contribution in [0, 0.1) is 0 Å². The first-order chi connectivity index (χ1) is 11.0. The van der Waals surface area contributed by atoms with Gasteiger partial charge in [-0.3, -0.25) is 0 Å². The second kappa shape index (κ2) is 7.93. The number of hydrogen-bond donors (Lipinski definition) is 0. The summed E-state index contributed by atoms with van der Waals surface area (Å²) in [6.45, 7) is 9.24. The third kappa shape index (κ3) is 4.42. The minimum Gasteiger partial charge on any atom is -0.497 e. The SMILES string of the molecule is C=C(CN(C(=S)c1ccc(OC)cc1)C(C)C)c1ccccc1. The summed E-state index contributed by atoms with van der Waals surface area (Å²) in [6, 6.07) is 18.4. The summed E-state index contributed by atoms with van der Waals surface area (Å²) in [5, 5.41) is 0.